The number of ether oxygens (including phenoxy) is 1. The van der Waals surface area contributed by atoms with Crippen LogP contribution in [0.1, 0.15) is 32.1 Å². The summed E-state index contributed by atoms with van der Waals surface area (Å²) in [5.74, 6) is -1.88. The molecule has 1 aromatic carbocycles. The molecule has 0 bridgehead atoms. The van der Waals surface area contributed by atoms with Crippen LogP contribution >= 0.6 is 35.2 Å². The molecule has 0 aliphatic carbocycles. The Balaban J connectivity index is 1.21. The Kier molecular flexibility index (Phi) is 16.2. The minimum absolute atomic E-state index is 0.0317. The molecule has 0 saturated carbocycles. The van der Waals surface area contributed by atoms with Gasteiger partial charge in [0.25, 0.3) is 15.6 Å². The number of hydrogen-bond donors (Lipinski definition) is 7. The number of aliphatic hydroxyl groups excluding tert-OH is 2. The van der Waals surface area contributed by atoms with E-state index in [9.17, 15) is 68.1 Å². The number of aromatic hydroxyl groups is 2. The van der Waals surface area contributed by atoms with Crippen LogP contribution in [0.5, 0.6) is 11.5 Å². The number of phenolic OH excluding ortho intramolecular Hbond substituents is 2. The zero-order valence-corrected chi connectivity index (χ0v) is 34.3. The van der Waals surface area contributed by atoms with Crippen LogP contribution in [-0.2, 0) is 57.1 Å². The van der Waals surface area contributed by atoms with E-state index < -0.39 is 84.6 Å². The molecule has 30 heteroatoms. The van der Waals surface area contributed by atoms with Crippen molar-refractivity contribution in [3.63, 3.8) is 0 Å². The van der Waals surface area contributed by atoms with Crippen molar-refractivity contribution >= 4 is 69.1 Å². The van der Waals surface area contributed by atoms with Crippen molar-refractivity contribution in [2.75, 3.05) is 37.8 Å². The van der Waals surface area contributed by atoms with Gasteiger partial charge in [0.2, 0.25) is 11.8 Å². The number of nitrogens with one attached hydrogen (secondary N) is 2. The summed E-state index contributed by atoms with van der Waals surface area (Å²) < 4.78 is 60.5. The molecule has 8 N–H and O–H groups in total. The van der Waals surface area contributed by atoms with Gasteiger partial charge in [0, 0.05) is 43.2 Å². The number of nitrogens with zero attached hydrogens (tertiary/aromatic N) is 4. The Labute approximate surface area is 337 Å². The van der Waals surface area contributed by atoms with Crippen LogP contribution in [0.2, 0.25) is 0 Å². The second-order valence-electron chi connectivity index (χ2n) is 13.2. The molecular formula is C29H38N7O19P3S-4. The van der Waals surface area contributed by atoms with Crippen molar-refractivity contribution in [3.05, 3.63) is 36.4 Å². The summed E-state index contributed by atoms with van der Waals surface area (Å²) in [7, 11) is -17.7. The number of nitrogen functional groups attached to an aromatic ring is 1. The number of hydrogen-bond acceptors (Lipinski definition) is 24. The molecule has 1 aliphatic heterocycles. The topological polar surface area (TPSA) is 415 Å². The molecule has 3 heterocycles. The number of rotatable bonds is 21. The number of aromatic nitrogens is 4. The number of phosphoric ester groups is 3. The molecule has 0 radical (unpaired) electrons. The fraction of sp³-hybridized carbons (Fsp3) is 0.517. The maximum atomic E-state index is 12.6. The number of fused-ring (bicyclic) bond motifs is 1. The summed E-state index contributed by atoms with van der Waals surface area (Å²) in [6.45, 7) is -0.159. The van der Waals surface area contributed by atoms with E-state index in [4.69, 9.17) is 10.5 Å². The van der Waals surface area contributed by atoms with E-state index in [2.05, 4.69) is 43.5 Å². The van der Waals surface area contributed by atoms with Crippen LogP contribution in [0.15, 0.2) is 30.9 Å². The number of phosphoric acid groups is 3. The lowest BCUT2D eigenvalue weighted by molar-refractivity contribution is -0.347. The monoisotopic (exact) mass is 913 g/mol. The molecule has 0 spiro atoms. The first-order chi connectivity index (χ1) is 27.4. The van der Waals surface area contributed by atoms with Gasteiger partial charge in [0.15, 0.2) is 22.8 Å². The molecule has 2 unspecified atom stereocenters. The number of nitrogens with two attached hydrogens (primary N) is 1. The third kappa shape index (κ3) is 14.2. The van der Waals surface area contributed by atoms with E-state index in [1.165, 1.54) is 26.0 Å². The Morgan fingerprint density at radius 3 is 2.34 bits per heavy atom. The number of thioether (sulfide) groups is 1. The summed E-state index contributed by atoms with van der Waals surface area (Å²) in [5, 5.41) is 44.9. The molecule has 26 nitrogen and oxygen atoms in total. The van der Waals surface area contributed by atoms with Gasteiger partial charge in [-0.05, 0) is 17.7 Å². The van der Waals surface area contributed by atoms with Gasteiger partial charge < -0.3 is 79.2 Å². The van der Waals surface area contributed by atoms with Gasteiger partial charge in [-0.15, -0.1) is 0 Å². The minimum atomic E-state index is -5.94. The van der Waals surface area contributed by atoms with Crippen molar-refractivity contribution in [3.8, 4) is 11.5 Å². The van der Waals surface area contributed by atoms with Crippen LogP contribution < -0.4 is 35.9 Å². The maximum absolute atomic E-state index is 12.6. The second-order valence-corrected chi connectivity index (χ2v) is 18.5. The molecule has 1 saturated heterocycles. The lowest BCUT2D eigenvalue weighted by atomic mass is 9.87. The predicted octanol–water partition coefficient (Wildman–Crippen LogP) is -3.21. The van der Waals surface area contributed by atoms with Crippen molar-refractivity contribution in [1.29, 1.82) is 0 Å². The van der Waals surface area contributed by atoms with Crippen LogP contribution in [0.3, 0.4) is 0 Å². The fourth-order valence-corrected chi connectivity index (χ4v) is 8.68. The maximum Gasteiger partial charge on any atom is 0.274 e. The van der Waals surface area contributed by atoms with Gasteiger partial charge in [0.1, 0.15) is 47.8 Å². The van der Waals surface area contributed by atoms with Crippen molar-refractivity contribution in [1.82, 2.24) is 30.2 Å². The molecule has 59 heavy (non-hydrogen) atoms. The van der Waals surface area contributed by atoms with Crippen LogP contribution in [-0.4, -0.2) is 113 Å². The molecular weight excluding hydrogens is 875 g/mol. The summed E-state index contributed by atoms with van der Waals surface area (Å²) in [4.78, 5) is 96.3. The zero-order valence-electron chi connectivity index (χ0n) is 30.8. The van der Waals surface area contributed by atoms with E-state index in [0.717, 1.165) is 35.0 Å². The van der Waals surface area contributed by atoms with Gasteiger partial charge >= 0.3 is 0 Å². The first-order valence-electron chi connectivity index (χ1n) is 16.9. The Morgan fingerprint density at radius 1 is 1.02 bits per heavy atom. The molecule has 328 valence electrons. The molecule has 3 aromatic rings. The lowest BCUT2D eigenvalue weighted by Gasteiger charge is -2.36. The summed E-state index contributed by atoms with van der Waals surface area (Å²) in [6.07, 6.45) is -7.83. The summed E-state index contributed by atoms with van der Waals surface area (Å²) >= 11 is 0.902. The average molecular weight is 914 g/mol. The number of aliphatic hydroxyl groups is 2. The number of phenols is 2. The number of benzene rings is 1. The van der Waals surface area contributed by atoms with Crippen LogP contribution in [0, 0.1) is 5.41 Å². The van der Waals surface area contributed by atoms with Gasteiger partial charge in [0.05, 0.1) is 27.4 Å². The SMILES string of the molecule is CC(C)(COP(=O)([O-])OP(=O)([O-])OC[C@H]1O[C@@H](n2cnc3c(N)ncnc32)[C@H](O)[C@@H]1OP(=O)([O-])[O-])[C@@H](O)C(=O)NCCC(=O)NCCSC(=O)Cc1cc(O)cc(O)c1. The smallest absolute Gasteiger partial charge is 0.274 e. The number of imidazole rings is 1. The van der Waals surface area contributed by atoms with Crippen molar-refractivity contribution in [2.45, 2.75) is 57.3 Å². The summed E-state index contributed by atoms with van der Waals surface area (Å²) in [5.41, 5.74) is 4.41. The standard InChI is InChI=1S/C29H42N7O19P3S/c1-29(2,24(42)27(43)32-4-3-19(39)31-5-6-59-20(40)9-15-7-16(37)10-17(38)8-15)12-52-58(49,50)55-57(47,48)51-11-18-23(54-56(44,45)46)22(41)28(53-18)36-14-35-21-25(30)33-13-34-26(21)36/h7-8,10,13-14,18,22-24,28,37-38,41-42H,3-6,9,11-12H2,1-2H3,(H,31,39)(H,32,43)(H,47,48)(H,49,50)(H2,30,33,34)(H2,44,45,46)/p-4/t18-,22-,23-,24+,28-/m1/s1. The molecule has 7 atom stereocenters. The largest absolute Gasteiger partial charge is 0.790 e. The van der Waals surface area contributed by atoms with E-state index >= 15 is 0 Å². The van der Waals surface area contributed by atoms with E-state index in [1.807, 2.05) is 0 Å². The van der Waals surface area contributed by atoms with Crippen LogP contribution in [0.25, 0.3) is 11.2 Å². The number of carbonyl (C=O) groups is 3. The number of amides is 2. The molecule has 2 amide bonds. The highest BCUT2D eigenvalue weighted by molar-refractivity contribution is 8.13. The summed E-state index contributed by atoms with van der Waals surface area (Å²) in [6, 6.07) is 3.76. The van der Waals surface area contributed by atoms with Gasteiger partial charge in [-0.1, -0.05) is 25.6 Å². The highest BCUT2D eigenvalue weighted by Crippen LogP contribution is 2.56. The number of anilines is 1. The normalized spacial score (nSPS) is 21.1. The highest BCUT2D eigenvalue weighted by atomic mass is 32.2. The lowest BCUT2D eigenvalue weighted by Crippen LogP contribution is -2.46. The molecule has 1 aliphatic rings. The Bertz CT molecular complexity index is 2120. The third-order valence-electron chi connectivity index (χ3n) is 8.05. The average Bonchev–Trinajstić information content (AvgIpc) is 3.67. The van der Waals surface area contributed by atoms with Crippen molar-refractivity contribution < 1.29 is 90.7 Å². The third-order valence-corrected chi connectivity index (χ3v) is 11.9. The van der Waals surface area contributed by atoms with Crippen molar-refractivity contribution in [2.24, 2.45) is 5.41 Å². The Hall–Kier alpha value is -3.62. The minimum Gasteiger partial charge on any atom is -0.790 e. The zero-order chi connectivity index (χ0) is 43.9. The highest BCUT2D eigenvalue weighted by Gasteiger charge is 2.47. The van der Waals surface area contributed by atoms with Gasteiger partial charge in [-0.2, -0.15) is 0 Å². The first-order valence-corrected chi connectivity index (χ1v) is 22.2. The Morgan fingerprint density at radius 2 is 1.68 bits per heavy atom. The first kappa shape index (κ1) is 48.1. The second kappa shape index (κ2) is 19.8. The van der Waals surface area contributed by atoms with E-state index in [0.29, 0.717) is 5.56 Å². The van der Waals surface area contributed by atoms with Gasteiger partial charge in [-0.3, -0.25) is 28.1 Å². The van der Waals surface area contributed by atoms with E-state index in [1.54, 1.807) is 0 Å². The fourth-order valence-electron chi connectivity index (χ4n) is 5.25. The van der Waals surface area contributed by atoms with Crippen LogP contribution in [0.4, 0.5) is 5.82 Å². The molecule has 4 rings (SSSR count). The van der Waals surface area contributed by atoms with Gasteiger partial charge in [-0.25, -0.2) is 19.3 Å². The molecule has 1 fully saturated rings. The van der Waals surface area contributed by atoms with E-state index in [-0.39, 0.29) is 65.3 Å². The molecule has 2 aromatic heterocycles. The predicted molar refractivity (Wildman–Crippen MR) is 192 cm³/mol. The quantitative estimate of drug-likeness (QED) is 0.0408. The number of carbonyl (C=O) groups excluding carboxylic acids is 3.